The zero-order valence-electron chi connectivity index (χ0n) is 15.3. The number of carbonyl (C=O) groups excluding carboxylic acids is 1. The van der Waals surface area contributed by atoms with Crippen LogP contribution in [0.25, 0.3) is 28.2 Å². The van der Waals surface area contributed by atoms with E-state index in [2.05, 4.69) is 0 Å². The van der Waals surface area contributed by atoms with Crippen molar-refractivity contribution in [2.45, 2.75) is 6.92 Å². The van der Waals surface area contributed by atoms with Gasteiger partial charge in [0.15, 0.2) is 5.65 Å². The maximum absolute atomic E-state index is 12.5. The average Bonchev–Trinajstić information content (AvgIpc) is 3.08. The molecule has 0 spiro atoms. The van der Waals surface area contributed by atoms with Crippen LogP contribution in [0.5, 0.6) is 0 Å². The second-order valence-electron chi connectivity index (χ2n) is 6.28. The van der Waals surface area contributed by atoms with Gasteiger partial charge < -0.3 is 4.74 Å². The van der Waals surface area contributed by atoms with E-state index in [1.165, 1.54) is 0 Å². The van der Waals surface area contributed by atoms with Crippen LogP contribution in [0.3, 0.4) is 0 Å². The van der Waals surface area contributed by atoms with Crippen molar-refractivity contribution in [3.05, 3.63) is 81.4 Å². The second-order valence-corrected chi connectivity index (χ2v) is 7.56. The van der Waals surface area contributed by atoms with E-state index in [1.807, 2.05) is 28.8 Å². The lowest BCUT2D eigenvalue weighted by Gasteiger charge is -2.08. The zero-order valence-corrected chi connectivity index (χ0v) is 17.6. The number of esters is 1. The lowest BCUT2D eigenvalue weighted by atomic mass is 10.0. The van der Waals surface area contributed by atoms with Crippen molar-refractivity contribution in [3.8, 4) is 22.5 Å². The van der Waals surface area contributed by atoms with Crippen molar-refractivity contribution in [2.24, 2.45) is 0 Å². The number of benzene rings is 2. The molecule has 4 aromatic rings. The number of halogens is 3. The summed E-state index contributed by atoms with van der Waals surface area (Å²) in [4.78, 5) is 17.2. The van der Waals surface area contributed by atoms with Crippen molar-refractivity contribution >= 4 is 46.4 Å². The number of rotatable bonds is 4. The number of aromatic nitrogens is 2. The second kappa shape index (κ2) is 8.07. The Morgan fingerprint density at radius 1 is 1.03 bits per heavy atom. The molecule has 0 radical (unpaired) electrons. The van der Waals surface area contributed by atoms with Crippen molar-refractivity contribution in [3.63, 3.8) is 0 Å². The average molecular weight is 446 g/mol. The summed E-state index contributed by atoms with van der Waals surface area (Å²) in [5.74, 6) is -0.431. The fourth-order valence-electron chi connectivity index (χ4n) is 3.19. The molecule has 2 aromatic heterocycles. The van der Waals surface area contributed by atoms with Gasteiger partial charge in [-0.2, -0.15) is 0 Å². The molecule has 0 aliphatic heterocycles. The summed E-state index contributed by atoms with van der Waals surface area (Å²) < 4.78 is 7.06. The van der Waals surface area contributed by atoms with E-state index in [1.54, 1.807) is 43.3 Å². The summed E-state index contributed by atoms with van der Waals surface area (Å²) in [6.07, 6.45) is 1.85. The molecule has 29 heavy (non-hydrogen) atoms. The molecule has 0 saturated heterocycles. The van der Waals surface area contributed by atoms with Crippen LogP contribution in [0.4, 0.5) is 0 Å². The van der Waals surface area contributed by atoms with E-state index in [-0.39, 0.29) is 6.61 Å². The summed E-state index contributed by atoms with van der Waals surface area (Å²) in [7, 11) is 0. The van der Waals surface area contributed by atoms with Crippen molar-refractivity contribution in [1.29, 1.82) is 0 Å². The van der Waals surface area contributed by atoms with Gasteiger partial charge in [0.1, 0.15) is 5.56 Å². The van der Waals surface area contributed by atoms with Gasteiger partial charge in [0, 0.05) is 27.4 Å². The van der Waals surface area contributed by atoms with Crippen LogP contribution in [-0.2, 0) is 4.74 Å². The van der Waals surface area contributed by atoms with Crippen molar-refractivity contribution in [2.75, 3.05) is 6.61 Å². The zero-order chi connectivity index (χ0) is 20.5. The van der Waals surface area contributed by atoms with Crippen LogP contribution in [-0.4, -0.2) is 22.0 Å². The highest BCUT2D eigenvalue weighted by Crippen LogP contribution is 2.38. The molecule has 0 atom stereocenters. The Labute approximate surface area is 182 Å². The summed E-state index contributed by atoms with van der Waals surface area (Å²) in [5, 5.41) is 1.62. The largest absolute Gasteiger partial charge is 0.462 e. The normalized spacial score (nSPS) is 11.0. The molecular formula is C22H15Cl3N2O2. The maximum atomic E-state index is 12.5. The minimum Gasteiger partial charge on any atom is -0.462 e. The maximum Gasteiger partial charge on any atom is 0.341 e. The predicted octanol–water partition coefficient (Wildman–Crippen LogP) is 6.81. The number of hydrogen-bond acceptors (Lipinski definition) is 3. The highest BCUT2D eigenvalue weighted by Gasteiger charge is 2.22. The van der Waals surface area contributed by atoms with Crippen LogP contribution < -0.4 is 0 Å². The fourth-order valence-corrected chi connectivity index (χ4v) is 3.81. The van der Waals surface area contributed by atoms with Gasteiger partial charge >= 0.3 is 5.97 Å². The first-order valence-electron chi connectivity index (χ1n) is 8.89. The van der Waals surface area contributed by atoms with Crippen molar-refractivity contribution in [1.82, 2.24) is 9.38 Å². The molecule has 0 N–H and O–H groups in total. The number of ether oxygens (including phenoxy) is 1. The monoisotopic (exact) mass is 444 g/mol. The minimum atomic E-state index is -0.431. The molecule has 2 heterocycles. The third kappa shape index (κ3) is 3.71. The van der Waals surface area contributed by atoms with Gasteiger partial charge in [0.2, 0.25) is 0 Å². The molecule has 4 nitrogen and oxygen atoms in total. The molecule has 146 valence electrons. The summed E-state index contributed by atoms with van der Waals surface area (Å²) >= 11 is 18.6. The fraction of sp³-hybridized carbons (Fsp3) is 0.0909. The first kappa shape index (κ1) is 19.8. The predicted molar refractivity (Wildman–Crippen MR) is 117 cm³/mol. The number of carbonyl (C=O) groups is 1. The van der Waals surface area contributed by atoms with Crippen LogP contribution in [0, 0.1) is 0 Å². The van der Waals surface area contributed by atoms with E-state index in [4.69, 9.17) is 44.5 Å². The first-order chi connectivity index (χ1) is 14.0. The molecule has 0 unspecified atom stereocenters. The highest BCUT2D eigenvalue weighted by atomic mass is 35.5. The van der Waals surface area contributed by atoms with Gasteiger partial charge in [-0.05, 0) is 49.4 Å². The molecular weight excluding hydrogens is 431 g/mol. The quantitative estimate of drug-likeness (QED) is 0.324. The molecule has 0 bridgehead atoms. The SMILES string of the molecule is CCOC(=O)c1cccn2c(-c3ccc(Cl)cc3)c(-c3ccc(Cl)cc3Cl)nc12. The number of hydrogen-bond donors (Lipinski definition) is 0. The Morgan fingerprint density at radius 3 is 2.45 bits per heavy atom. The van der Waals surface area contributed by atoms with E-state index < -0.39 is 5.97 Å². The topological polar surface area (TPSA) is 43.6 Å². The van der Waals surface area contributed by atoms with Gasteiger partial charge in [0.05, 0.1) is 23.0 Å². The summed E-state index contributed by atoms with van der Waals surface area (Å²) in [6, 6.07) is 16.1. The van der Waals surface area contributed by atoms with Crippen molar-refractivity contribution < 1.29 is 9.53 Å². The Morgan fingerprint density at radius 2 is 1.76 bits per heavy atom. The standard InChI is InChI=1S/C22H15Cl3N2O2/c1-2-29-22(28)17-4-3-11-27-20(13-5-7-14(23)8-6-13)19(26-21(17)27)16-10-9-15(24)12-18(16)25/h3-12H,2H2,1H3. The highest BCUT2D eigenvalue weighted by molar-refractivity contribution is 6.36. The van der Waals surface area contributed by atoms with Gasteiger partial charge in [-0.1, -0.05) is 46.9 Å². The van der Waals surface area contributed by atoms with E-state index in [0.717, 1.165) is 11.3 Å². The lowest BCUT2D eigenvalue weighted by Crippen LogP contribution is -2.07. The Balaban J connectivity index is 2.05. The Kier molecular flexibility index (Phi) is 5.50. The Bertz CT molecular complexity index is 1220. The molecule has 2 aromatic carbocycles. The first-order valence-corrected chi connectivity index (χ1v) is 10.0. The van der Waals surface area contributed by atoms with Crippen LogP contribution in [0.15, 0.2) is 60.8 Å². The van der Waals surface area contributed by atoms with Crippen LogP contribution >= 0.6 is 34.8 Å². The number of pyridine rings is 1. The van der Waals surface area contributed by atoms with Gasteiger partial charge in [-0.15, -0.1) is 0 Å². The molecule has 0 aliphatic carbocycles. The Hall–Kier alpha value is -2.53. The van der Waals surface area contributed by atoms with E-state index >= 15 is 0 Å². The summed E-state index contributed by atoms with van der Waals surface area (Å²) in [5.41, 5.74) is 3.86. The minimum absolute atomic E-state index is 0.278. The third-order valence-corrected chi connectivity index (χ3v) is 5.25. The van der Waals surface area contributed by atoms with Crippen LogP contribution in [0.1, 0.15) is 17.3 Å². The smallest absolute Gasteiger partial charge is 0.341 e. The van der Waals surface area contributed by atoms with E-state index in [0.29, 0.717) is 37.5 Å². The van der Waals surface area contributed by atoms with Gasteiger partial charge in [-0.25, -0.2) is 9.78 Å². The number of fused-ring (bicyclic) bond motifs is 1. The van der Waals surface area contributed by atoms with E-state index in [9.17, 15) is 4.79 Å². The molecule has 0 amide bonds. The molecule has 0 aliphatic rings. The molecule has 0 fully saturated rings. The molecule has 7 heteroatoms. The summed E-state index contributed by atoms with van der Waals surface area (Å²) in [6.45, 7) is 2.04. The van der Waals surface area contributed by atoms with Gasteiger partial charge in [0.25, 0.3) is 0 Å². The van der Waals surface area contributed by atoms with Gasteiger partial charge in [-0.3, -0.25) is 4.40 Å². The molecule has 4 rings (SSSR count). The van der Waals surface area contributed by atoms with Crippen LogP contribution in [0.2, 0.25) is 15.1 Å². The number of imidazole rings is 1. The molecule has 0 saturated carbocycles. The number of nitrogens with zero attached hydrogens (tertiary/aromatic N) is 2. The third-order valence-electron chi connectivity index (χ3n) is 4.45. The lowest BCUT2D eigenvalue weighted by molar-refractivity contribution is 0.0528.